The first-order valence-electron chi connectivity index (χ1n) is 10.8. The van der Waals surface area contributed by atoms with E-state index in [9.17, 15) is 10.1 Å². The Bertz CT molecular complexity index is 1350. The molecule has 3 aromatic rings. The molecule has 0 radical (unpaired) electrons. The number of nitrogens with two attached hydrogens (primary N) is 1. The Morgan fingerprint density at radius 1 is 0.889 bits per heavy atom. The monoisotopic (exact) mass is 488 g/mol. The molecule has 1 aliphatic heterocycles. The van der Waals surface area contributed by atoms with Gasteiger partial charge in [-0.3, -0.25) is 0 Å². The molecular weight excluding hydrogens is 464 g/mol. The van der Waals surface area contributed by atoms with Crippen LogP contribution in [0.1, 0.15) is 27.4 Å². The summed E-state index contributed by atoms with van der Waals surface area (Å²) in [6, 6.07) is 17.1. The van der Waals surface area contributed by atoms with Gasteiger partial charge in [0.15, 0.2) is 11.5 Å². The number of rotatable bonds is 7. The van der Waals surface area contributed by atoms with E-state index in [0.717, 1.165) is 0 Å². The Morgan fingerprint density at radius 3 is 2.08 bits per heavy atom. The van der Waals surface area contributed by atoms with Gasteiger partial charge in [-0.1, -0.05) is 6.07 Å². The Kier molecular flexibility index (Phi) is 6.88. The minimum atomic E-state index is -0.584. The third kappa shape index (κ3) is 4.44. The molecule has 0 amide bonds. The van der Waals surface area contributed by atoms with Crippen LogP contribution >= 0.6 is 0 Å². The van der Waals surface area contributed by atoms with Crippen LogP contribution in [0.3, 0.4) is 0 Å². The molecule has 0 spiro atoms. The van der Waals surface area contributed by atoms with E-state index in [0.29, 0.717) is 45.4 Å². The third-order valence-corrected chi connectivity index (χ3v) is 5.75. The molecule has 0 saturated carbocycles. The SMILES string of the molecule is COc1ccc(C(=O)Oc2ccc3c(c2)OC(N)=C(C#N)C3c2cc(OC)c(OC)c(OC)c2)cc1. The lowest BCUT2D eigenvalue weighted by Crippen LogP contribution is -2.21. The molecule has 184 valence electrons. The van der Waals surface area contributed by atoms with E-state index in [1.165, 1.54) is 21.3 Å². The maximum Gasteiger partial charge on any atom is 0.343 e. The van der Waals surface area contributed by atoms with Gasteiger partial charge in [0, 0.05) is 11.6 Å². The molecule has 1 aliphatic rings. The van der Waals surface area contributed by atoms with E-state index in [2.05, 4.69) is 6.07 Å². The van der Waals surface area contributed by atoms with Crippen LogP contribution in [0.5, 0.6) is 34.5 Å². The molecule has 0 aromatic heterocycles. The highest BCUT2D eigenvalue weighted by molar-refractivity contribution is 5.91. The molecule has 1 heterocycles. The summed E-state index contributed by atoms with van der Waals surface area (Å²) in [7, 11) is 6.08. The summed E-state index contributed by atoms with van der Waals surface area (Å²) in [5, 5.41) is 9.88. The van der Waals surface area contributed by atoms with E-state index in [4.69, 9.17) is 34.2 Å². The summed E-state index contributed by atoms with van der Waals surface area (Å²) >= 11 is 0. The van der Waals surface area contributed by atoms with Crippen LogP contribution in [-0.2, 0) is 0 Å². The maximum atomic E-state index is 12.6. The number of hydrogen-bond donors (Lipinski definition) is 1. The average molecular weight is 488 g/mol. The lowest BCUT2D eigenvalue weighted by molar-refractivity contribution is 0.0734. The third-order valence-electron chi connectivity index (χ3n) is 5.75. The van der Waals surface area contributed by atoms with Crippen molar-refractivity contribution in [1.82, 2.24) is 0 Å². The van der Waals surface area contributed by atoms with Crippen molar-refractivity contribution in [2.45, 2.75) is 5.92 Å². The van der Waals surface area contributed by atoms with Gasteiger partial charge in [0.1, 0.15) is 28.9 Å². The molecule has 1 unspecified atom stereocenters. The second kappa shape index (κ2) is 10.2. The lowest BCUT2D eigenvalue weighted by Gasteiger charge is -2.27. The van der Waals surface area contributed by atoms with Gasteiger partial charge in [0.05, 0.1) is 39.9 Å². The van der Waals surface area contributed by atoms with Crippen molar-refractivity contribution in [1.29, 1.82) is 5.26 Å². The van der Waals surface area contributed by atoms with Crippen molar-refractivity contribution in [3.8, 4) is 40.6 Å². The molecule has 0 aliphatic carbocycles. The minimum absolute atomic E-state index is 0.0533. The molecule has 4 rings (SSSR count). The van der Waals surface area contributed by atoms with Gasteiger partial charge in [0.25, 0.3) is 0 Å². The van der Waals surface area contributed by atoms with Crippen LogP contribution < -0.4 is 34.2 Å². The van der Waals surface area contributed by atoms with E-state index >= 15 is 0 Å². The number of benzene rings is 3. The topological polar surface area (TPSA) is 122 Å². The summed E-state index contributed by atoms with van der Waals surface area (Å²) in [5.41, 5.74) is 8.04. The fourth-order valence-electron chi connectivity index (χ4n) is 4.00. The summed E-state index contributed by atoms with van der Waals surface area (Å²) < 4.78 is 32.8. The van der Waals surface area contributed by atoms with Crippen LogP contribution in [0.25, 0.3) is 0 Å². The van der Waals surface area contributed by atoms with Crippen molar-refractivity contribution in [2.75, 3.05) is 28.4 Å². The Hall–Kier alpha value is -4.84. The zero-order chi connectivity index (χ0) is 25.8. The van der Waals surface area contributed by atoms with Gasteiger partial charge in [-0.2, -0.15) is 5.26 Å². The number of carbonyl (C=O) groups is 1. The van der Waals surface area contributed by atoms with Gasteiger partial charge >= 0.3 is 5.97 Å². The highest BCUT2D eigenvalue weighted by Gasteiger charge is 2.32. The number of hydrogen-bond acceptors (Lipinski definition) is 9. The van der Waals surface area contributed by atoms with Crippen LogP contribution in [0.4, 0.5) is 0 Å². The number of methoxy groups -OCH3 is 4. The summed E-state index contributed by atoms with van der Waals surface area (Å²) in [4.78, 5) is 12.6. The molecule has 9 nitrogen and oxygen atoms in total. The smallest absolute Gasteiger partial charge is 0.343 e. The van der Waals surface area contributed by atoms with Gasteiger partial charge in [-0.05, 0) is 48.0 Å². The molecule has 3 aromatic carbocycles. The van der Waals surface area contributed by atoms with E-state index in [1.807, 2.05) is 0 Å². The first kappa shape index (κ1) is 24.3. The van der Waals surface area contributed by atoms with Gasteiger partial charge in [0.2, 0.25) is 11.6 Å². The molecular formula is C27H24N2O7. The molecule has 0 fully saturated rings. The van der Waals surface area contributed by atoms with Crippen molar-refractivity contribution in [3.05, 3.63) is 82.7 Å². The van der Waals surface area contributed by atoms with Crippen molar-refractivity contribution < 1.29 is 33.2 Å². The van der Waals surface area contributed by atoms with Crippen molar-refractivity contribution >= 4 is 5.97 Å². The first-order chi connectivity index (χ1) is 17.4. The number of nitriles is 1. The normalized spacial score (nSPS) is 14.1. The van der Waals surface area contributed by atoms with Crippen LogP contribution in [-0.4, -0.2) is 34.4 Å². The second-order valence-electron chi connectivity index (χ2n) is 7.70. The largest absolute Gasteiger partial charge is 0.497 e. The van der Waals surface area contributed by atoms with E-state index in [1.54, 1.807) is 61.7 Å². The number of esters is 1. The fourth-order valence-corrected chi connectivity index (χ4v) is 4.00. The summed E-state index contributed by atoms with van der Waals surface area (Å²) in [6.07, 6.45) is 0. The molecule has 36 heavy (non-hydrogen) atoms. The Morgan fingerprint density at radius 2 is 1.53 bits per heavy atom. The summed E-state index contributed by atoms with van der Waals surface area (Å²) in [6.45, 7) is 0. The van der Waals surface area contributed by atoms with Gasteiger partial charge in [-0.25, -0.2) is 4.79 Å². The number of nitrogens with zero attached hydrogens (tertiary/aromatic N) is 1. The highest BCUT2D eigenvalue weighted by Crippen LogP contribution is 2.47. The molecule has 0 saturated heterocycles. The fraction of sp³-hybridized carbons (Fsp3) is 0.185. The number of carbonyl (C=O) groups excluding carboxylic acids is 1. The number of fused-ring (bicyclic) bond motifs is 1. The van der Waals surface area contributed by atoms with E-state index < -0.39 is 11.9 Å². The highest BCUT2D eigenvalue weighted by atomic mass is 16.5. The minimum Gasteiger partial charge on any atom is -0.497 e. The predicted molar refractivity (Wildman–Crippen MR) is 130 cm³/mol. The number of ether oxygens (including phenoxy) is 6. The van der Waals surface area contributed by atoms with E-state index in [-0.39, 0.29) is 17.2 Å². The molecule has 2 N–H and O–H groups in total. The Balaban J connectivity index is 1.73. The quantitative estimate of drug-likeness (QED) is 0.386. The lowest BCUT2D eigenvalue weighted by atomic mass is 9.83. The van der Waals surface area contributed by atoms with Gasteiger partial charge in [-0.15, -0.1) is 0 Å². The molecule has 1 atom stereocenters. The zero-order valence-electron chi connectivity index (χ0n) is 20.2. The Labute approximate surface area is 208 Å². The van der Waals surface area contributed by atoms with Crippen LogP contribution in [0.15, 0.2) is 66.1 Å². The predicted octanol–water partition coefficient (Wildman–Crippen LogP) is 4.16. The van der Waals surface area contributed by atoms with Gasteiger partial charge < -0.3 is 34.2 Å². The summed E-state index contributed by atoms with van der Waals surface area (Å²) in [5.74, 6) is 1.34. The zero-order valence-corrected chi connectivity index (χ0v) is 20.2. The maximum absolute atomic E-state index is 12.6. The average Bonchev–Trinajstić information content (AvgIpc) is 2.91. The molecule has 0 bridgehead atoms. The van der Waals surface area contributed by atoms with Crippen LogP contribution in [0, 0.1) is 11.3 Å². The first-order valence-corrected chi connectivity index (χ1v) is 10.8. The van der Waals surface area contributed by atoms with Crippen LogP contribution in [0.2, 0.25) is 0 Å². The standard InChI is InChI=1S/C27H24N2O7/c1-31-17-7-5-15(6-8-17)27(30)35-18-9-10-19-21(13-18)36-26(29)20(14-28)24(19)16-11-22(32-2)25(34-4)23(12-16)33-3/h5-13,24H,29H2,1-4H3. The van der Waals surface area contributed by atoms with Crippen molar-refractivity contribution in [3.63, 3.8) is 0 Å². The molecule has 9 heteroatoms. The second-order valence-corrected chi connectivity index (χ2v) is 7.70. The van der Waals surface area contributed by atoms with Crippen molar-refractivity contribution in [2.24, 2.45) is 5.73 Å². The number of allylic oxidation sites excluding steroid dienone is 1.